The molecule has 0 radical (unpaired) electrons. The molecule has 0 aliphatic carbocycles. The van der Waals surface area contributed by atoms with Crippen LogP contribution in [0.15, 0.2) is 6.33 Å². The van der Waals surface area contributed by atoms with E-state index >= 15 is 0 Å². The summed E-state index contributed by atoms with van der Waals surface area (Å²) in [6, 6.07) is 0.328. The molecule has 1 heterocycles. The minimum Gasteiger partial charge on any atom is -0.388 e. The van der Waals surface area contributed by atoms with Crippen LogP contribution in [-0.2, 0) is 6.61 Å². The first-order valence-electron chi connectivity index (χ1n) is 4.79. The van der Waals surface area contributed by atoms with E-state index in [1.165, 1.54) is 0 Å². The summed E-state index contributed by atoms with van der Waals surface area (Å²) in [5, 5.41) is 16.6. The Balaban J connectivity index is 2.55. The third-order valence-electron chi connectivity index (χ3n) is 2.26. The van der Waals surface area contributed by atoms with Gasteiger partial charge in [-0.3, -0.25) is 0 Å². The number of hydrogen-bond donors (Lipinski definition) is 1. The van der Waals surface area contributed by atoms with Crippen LogP contribution < -0.4 is 0 Å². The lowest BCUT2D eigenvalue weighted by Crippen LogP contribution is -2.18. The first-order chi connectivity index (χ1) is 6.65. The minimum atomic E-state index is -0.0493. The van der Waals surface area contributed by atoms with Gasteiger partial charge in [-0.2, -0.15) is 0 Å². The predicted octanol–water partition coefficient (Wildman–Crippen LogP) is 0.283. The molecule has 5 heteroatoms. The van der Waals surface area contributed by atoms with Crippen LogP contribution >= 0.6 is 0 Å². The van der Waals surface area contributed by atoms with Gasteiger partial charge in [0.2, 0.25) is 0 Å². The van der Waals surface area contributed by atoms with Crippen LogP contribution in [0, 0.1) is 0 Å². The maximum Gasteiger partial charge on any atom is 0.158 e. The average molecular weight is 198 g/mol. The van der Waals surface area contributed by atoms with Crippen molar-refractivity contribution < 1.29 is 5.11 Å². The van der Waals surface area contributed by atoms with E-state index in [1.54, 1.807) is 6.33 Å². The van der Waals surface area contributed by atoms with Crippen LogP contribution in [0.25, 0.3) is 0 Å². The largest absolute Gasteiger partial charge is 0.388 e. The quantitative estimate of drug-likeness (QED) is 0.738. The highest BCUT2D eigenvalue weighted by Crippen LogP contribution is 2.12. The molecular weight excluding hydrogens is 180 g/mol. The number of aliphatic hydroxyl groups excluding tert-OH is 1. The first-order valence-corrected chi connectivity index (χ1v) is 4.79. The van der Waals surface area contributed by atoms with E-state index in [1.807, 2.05) is 18.7 Å². The van der Waals surface area contributed by atoms with Crippen LogP contribution in [0.1, 0.15) is 25.2 Å². The van der Waals surface area contributed by atoms with Gasteiger partial charge in [0.15, 0.2) is 5.82 Å². The normalized spacial score (nSPS) is 13.5. The van der Waals surface area contributed by atoms with E-state index in [2.05, 4.69) is 22.0 Å². The van der Waals surface area contributed by atoms with Crippen molar-refractivity contribution in [1.82, 2.24) is 19.7 Å². The van der Waals surface area contributed by atoms with E-state index < -0.39 is 0 Å². The van der Waals surface area contributed by atoms with Gasteiger partial charge in [0, 0.05) is 6.04 Å². The fourth-order valence-electron chi connectivity index (χ4n) is 1.33. The van der Waals surface area contributed by atoms with Crippen molar-refractivity contribution in [3.05, 3.63) is 12.2 Å². The summed E-state index contributed by atoms with van der Waals surface area (Å²) in [5.41, 5.74) is 0. The SMILES string of the molecule is CC(CCN(C)C)n1cnnc1CO. The summed E-state index contributed by atoms with van der Waals surface area (Å²) in [5.74, 6) is 0.635. The zero-order valence-electron chi connectivity index (χ0n) is 9.01. The Hall–Kier alpha value is -0.940. The zero-order chi connectivity index (χ0) is 10.6. The predicted molar refractivity (Wildman–Crippen MR) is 53.8 cm³/mol. The molecule has 0 aromatic carbocycles. The van der Waals surface area contributed by atoms with Gasteiger partial charge in [0.25, 0.3) is 0 Å². The Kier molecular flexibility index (Phi) is 4.03. The van der Waals surface area contributed by atoms with Gasteiger partial charge >= 0.3 is 0 Å². The second-order valence-electron chi connectivity index (χ2n) is 3.75. The van der Waals surface area contributed by atoms with Gasteiger partial charge in [-0.25, -0.2) is 0 Å². The van der Waals surface area contributed by atoms with Gasteiger partial charge < -0.3 is 14.6 Å². The number of rotatable bonds is 5. The number of aromatic nitrogens is 3. The Bertz CT molecular complexity index is 272. The molecule has 1 aromatic heterocycles. The molecule has 80 valence electrons. The van der Waals surface area contributed by atoms with Crippen LogP contribution in [-0.4, -0.2) is 45.4 Å². The Morgan fingerprint density at radius 1 is 1.57 bits per heavy atom. The van der Waals surface area contributed by atoms with Crippen LogP contribution in [0.3, 0.4) is 0 Å². The molecule has 1 rings (SSSR count). The van der Waals surface area contributed by atoms with Crippen molar-refractivity contribution in [3.8, 4) is 0 Å². The molecule has 14 heavy (non-hydrogen) atoms. The molecule has 5 nitrogen and oxygen atoms in total. The zero-order valence-corrected chi connectivity index (χ0v) is 9.01. The van der Waals surface area contributed by atoms with E-state index in [-0.39, 0.29) is 6.61 Å². The topological polar surface area (TPSA) is 54.2 Å². The lowest BCUT2D eigenvalue weighted by molar-refractivity contribution is 0.257. The Morgan fingerprint density at radius 2 is 2.29 bits per heavy atom. The van der Waals surface area contributed by atoms with Crippen molar-refractivity contribution in [2.45, 2.75) is 26.0 Å². The molecular formula is C9H18N4O. The standard InChI is InChI=1S/C9H18N4O/c1-8(4-5-12(2)3)13-7-10-11-9(13)6-14/h7-8,14H,4-6H2,1-3H3. The summed E-state index contributed by atoms with van der Waals surface area (Å²) in [6.45, 7) is 3.07. The summed E-state index contributed by atoms with van der Waals surface area (Å²) < 4.78 is 1.92. The number of aliphatic hydroxyl groups is 1. The minimum absolute atomic E-state index is 0.0493. The Labute approximate surface area is 84.4 Å². The van der Waals surface area contributed by atoms with Crippen LogP contribution in [0.4, 0.5) is 0 Å². The second-order valence-corrected chi connectivity index (χ2v) is 3.75. The van der Waals surface area contributed by atoms with E-state index in [0.29, 0.717) is 11.9 Å². The summed E-state index contributed by atoms with van der Waals surface area (Å²) >= 11 is 0. The maximum absolute atomic E-state index is 9.00. The Morgan fingerprint density at radius 3 is 2.86 bits per heavy atom. The highest BCUT2D eigenvalue weighted by Gasteiger charge is 2.09. The molecule has 1 N–H and O–H groups in total. The molecule has 1 aromatic rings. The van der Waals surface area contributed by atoms with E-state index in [9.17, 15) is 0 Å². The average Bonchev–Trinajstić information content (AvgIpc) is 2.61. The second kappa shape index (κ2) is 5.07. The maximum atomic E-state index is 9.00. The third kappa shape index (κ3) is 2.78. The van der Waals surface area contributed by atoms with Crippen LogP contribution in [0.2, 0.25) is 0 Å². The van der Waals surface area contributed by atoms with Crippen molar-refractivity contribution in [2.24, 2.45) is 0 Å². The van der Waals surface area contributed by atoms with Crippen LogP contribution in [0.5, 0.6) is 0 Å². The molecule has 0 saturated carbocycles. The van der Waals surface area contributed by atoms with E-state index in [4.69, 9.17) is 5.11 Å². The molecule has 0 saturated heterocycles. The molecule has 1 atom stereocenters. The van der Waals surface area contributed by atoms with Gasteiger partial charge in [-0.05, 0) is 34.0 Å². The molecule has 0 aliphatic rings. The highest BCUT2D eigenvalue weighted by molar-refractivity contribution is 4.86. The fourth-order valence-corrected chi connectivity index (χ4v) is 1.33. The lowest BCUT2D eigenvalue weighted by atomic mass is 10.2. The molecule has 0 bridgehead atoms. The van der Waals surface area contributed by atoms with Crippen molar-refractivity contribution in [1.29, 1.82) is 0 Å². The lowest BCUT2D eigenvalue weighted by Gasteiger charge is -2.17. The third-order valence-corrected chi connectivity index (χ3v) is 2.26. The van der Waals surface area contributed by atoms with Gasteiger partial charge in [-0.15, -0.1) is 10.2 Å². The number of hydrogen-bond acceptors (Lipinski definition) is 4. The van der Waals surface area contributed by atoms with Crippen molar-refractivity contribution in [3.63, 3.8) is 0 Å². The molecule has 0 spiro atoms. The summed E-state index contributed by atoms with van der Waals surface area (Å²) in [6.07, 6.45) is 2.70. The molecule has 0 fully saturated rings. The molecule has 0 aliphatic heterocycles. The van der Waals surface area contributed by atoms with E-state index in [0.717, 1.165) is 13.0 Å². The van der Waals surface area contributed by atoms with Gasteiger partial charge in [0.1, 0.15) is 12.9 Å². The highest BCUT2D eigenvalue weighted by atomic mass is 16.3. The van der Waals surface area contributed by atoms with Crippen molar-refractivity contribution >= 4 is 0 Å². The number of nitrogens with zero attached hydrogens (tertiary/aromatic N) is 4. The van der Waals surface area contributed by atoms with Gasteiger partial charge in [0.05, 0.1) is 0 Å². The molecule has 0 amide bonds. The monoisotopic (exact) mass is 198 g/mol. The summed E-state index contributed by atoms with van der Waals surface area (Å²) in [7, 11) is 4.09. The smallest absolute Gasteiger partial charge is 0.158 e. The fraction of sp³-hybridized carbons (Fsp3) is 0.778. The molecule has 1 unspecified atom stereocenters. The summed E-state index contributed by atoms with van der Waals surface area (Å²) in [4.78, 5) is 2.14. The van der Waals surface area contributed by atoms with Crippen molar-refractivity contribution in [2.75, 3.05) is 20.6 Å². The first kappa shape index (κ1) is 11.1. The van der Waals surface area contributed by atoms with Gasteiger partial charge in [-0.1, -0.05) is 0 Å².